The van der Waals surface area contributed by atoms with Gasteiger partial charge in [0.25, 0.3) is 5.91 Å². The molecule has 1 aliphatic rings. The number of fused-ring (bicyclic) bond motifs is 1. The van der Waals surface area contributed by atoms with Gasteiger partial charge in [0.15, 0.2) is 11.5 Å². The van der Waals surface area contributed by atoms with E-state index in [1.165, 1.54) is 0 Å². The van der Waals surface area contributed by atoms with Gasteiger partial charge in [0.05, 0.1) is 5.56 Å². The normalized spacial score (nSPS) is 19.1. The number of nitrogens with two attached hydrogens (primary N) is 1. The molecule has 1 unspecified atom stereocenters. The lowest BCUT2D eigenvalue weighted by Gasteiger charge is -2.23. The Balaban J connectivity index is 2.46. The first-order chi connectivity index (χ1) is 6.68. The summed E-state index contributed by atoms with van der Waals surface area (Å²) in [4.78, 5) is 11.0. The molecule has 1 atom stereocenters. The number of carbonyl (C=O) groups is 1. The van der Waals surface area contributed by atoms with Crippen molar-refractivity contribution in [3.05, 3.63) is 23.8 Å². The van der Waals surface area contributed by atoms with Gasteiger partial charge in [-0.1, -0.05) is 17.7 Å². The molecule has 0 saturated heterocycles. The quantitative estimate of drug-likeness (QED) is 0.712. The number of alkyl halides is 1. The maximum atomic E-state index is 11.0. The highest BCUT2D eigenvalue weighted by molar-refractivity contribution is 6.20. The molecule has 0 fully saturated rings. The Kier molecular flexibility index (Phi) is 2.21. The molecule has 0 aliphatic carbocycles. The summed E-state index contributed by atoms with van der Waals surface area (Å²) in [6, 6.07) is 4.92. The monoisotopic (exact) mass is 213 g/mol. The molecule has 2 rings (SSSR count). The highest BCUT2D eigenvalue weighted by atomic mass is 35.5. The average Bonchev–Trinajstić information content (AvgIpc) is 2.16. The van der Waals surface area contributed by atoms with Crippen LogP contribution in [0.5, 0.6) is 11.5 Å². The van der Waals surface area contributed by atoms with Gasteiger partial charge in [-0.15, -0.1) is 0 Å². The van der Waals surface area contributed by atoms with Crippen LogP contribution < -0.4 is 15.2 Å². The lowest BCUT2D eigenvalue weighted by Crippen LogP contribution is -2.25. The molecule has 0 aromatic heterocycles. The fourth-order valence-corrected chi connectivity index (χ4v) is 1.43. The SMILES string of the molecule is NC(=O)c1cccc2c1OCC(Cl)O2. The minimum Gasteiger partial charge on any atom is -0.484 e. The van der Waals surface area contributed by atoms with E-state index in [9.17, 15) is 4.79 Å². The van der Waals surface area contributed by atoms with E-state index in [4.69, 9.17) is 26.8 Å². The summed E-state index contributed by atoms with van der Waals surface area (Å²) >= 11 is 5.71. The van der Waals surface area contributed by atoms with Crippen molar-refractivity contribution in [2.75, 3.05) is 6.61 Å². The summed E-state index contributed by atoms with van der Waals surface area (Å²) in [5, 5.41) is 0. The third kappa shape index (κ3) is 1.48. The van der Waals surface area contributed by atoms with Crippen LogP contribution in [0.25, 0.3) is 0 Å². The largest absolute Gasteiger partial charge is 0.484 e. The summed E-state index contributed by atoms with van der Waals surface area (Å²) in [5.74, 6) is 0.280. The first-order valence-corrected chi connectivity index (χ1v) is 4.48. The van der Waals surface area contributed by atoms with Gasteiger partial charge in [0.1, 0.15) is 6.61 Å². The van der Waals surface area contributed by atoms with Crippen molar-refractivity contribution in [3.63, 3.8) is 0 Å². The molecule has 1 heterocycles. The van der Waals surface area contributed by atoms with Crippen LogP contribution >= 0.6 is 11.6 Å². The predicted octanol–water partition coefficient (Wildman–Crippen LogP) is 1.12. The Bertz CT molecular complexity index is 380. The summed E-state index contributed by atoms with van der Waals surface area (Å²) in [7, 11) is 0. The minimum atomic E-state index is -0.543. The van der Waals surface area contributed by atoms with Crippen LogP contribution in [0, 0.1) is 0 Å². The number of para-hydroxylation sites is 1. The van der Waals surface area contributed by atoms with Crippen molar-refractivity contribution in [1.82, 2.24) is 0 Å². The Morgan fingerprint density at radius 2 is 2.36 bits per heavy atom. The van der Waals surface area contributed by atoms with Crippen molar-refractivity contribution in [1.29, 1.82) is 0 Å². The number of hydrogen-bond acceptors (Lipinski definition) is 3. The third-order valence-electron chi connectivity index (χ3n) is 1.86. The molecule has 1 amide bonds. The van der Waals surface area contributed by atoms with Crippen molar-refractivity contribution in [2.24, 2.45) is 5.73 Å². The fourth-order valence-electron chi connectivity index (χ4n) is 1.27. The zero-order chi connectivity index (χ0) is 10.1. The number of ether oxygens (including phenoxy) is 2. The van der Waals surface area contributed by atoms with Crippen LogP contribution in [0.15, 0.2) is 18.2 Å². The van der Waals surface area contributed by atoms with E-state index in [1.807, 2.05) is 0 Å². The number of rotatable bonds is 1. The van der Waals surface area contributed by atoms with Crippen LogP contribution in [0.4, 0.5) is 0 Å². The van der Waals surface area contributed by atoms with Crippen LogP contribution in [-0.2, 0) is 0 Å². The molecule has 0 bridgehead atoms. The van der Waals surface area contributed by atoms with E-state index < -0.39 is 11.5 Å². The van der Waals surface area contributed by atoms with E-state index in [2.05, 4.69) is 0 Å². The van der Waals surface area contributed by atoms with E-state index in [1.54, 1.807) is 18.2 Å². The van der Waals surface area contributed by atoms with Crippen molar-refractivity contribution in [2.45, 2.75) is 5.56 Å². The summed E-state index contributed by atoms with van der Waals surface area (Å²) in [6.07, 6.45) is 0. The Labute approximate surface area is 85.6 Å². The van der Waals surface area contributed by atoms with E-state index >= 15 is 0 Å². The summed E-state index contributed by atoms with van der Waals surface area (Å²) in [6.45, 7) is 0.207. The van der Waals surface area contributed by atoms with Crippen molar-refractivity contribution < 1.29 is 14.3 Å². The summed E-state index contributed by atoms with van der Waals surface area (Å²) < 4.78 is 10.5. The van der Waals surface area contributed by atoms with Crippen LogP contribution in [-0.4, -0.2) is 18.1 Å². The zero-order valence-electron chi connectivity index (χ0n) is 7.20. The van der Waals surface area contributed by atoms with Gasteiger partial charge in [-0.25, -0.2) is 0 Å². The standard InChI is InChI=1S/C9H8ClNO3/c10-7-4-13-8-5(9(11)12)2-1-3-6(8)14-7/h1-3,7H,4H2,(H2,11,12). The van der Waals surface area contributed by atoms with Gasteiger partial charge in [-0.2, -0.15) is 0 Å². The first kappa shape index (κ1) is 9.15. The number of hydrogen-bond donors (Lipinski definition) is 1. The Morgan fingerprint density at radius 3 is 3.07 bits per heavy atom. The van der Waals surface area contributed by atoms with Crippen molar-refractivity contribution in [3.8, 4) is 11.5 Å². The van der Waals surface area contributed by atoms with Crippen LogP contribution in [0.1, 0.15) is 10.4 Å². The molecule has 1 aromatic rings. The molecule has 2 N–H and O–H groups in total. The molecule has 4 nitrogen and oxygen atoms in total. The van der Waals surface area contributed by atoms with Gasteiger partial charge in [-0.05, 0) is 12.1 Å². The lowest BCUT2D eigenvalue weighted by molar-refractivity contribution is 0.0983. The fraction of sp³-hybridized carbons (Fsp3) is 0.222. The first-order valence-electron chi connectivity index (χ1n) is 4.05. The molecule has 5 heteroatoms. The zero-order valence-corrected chi connectivity index (χ0v) is 7.95. The molecule has 1 aliphatic heterocycles. The van der Waals surface area contributed by atoms with E-state index in [0.29, 0.717) is 17.1 Å². The second kappa shape index (κ2) is 3.38. The number of carbonyl (C=O) groups excluding carboxylic acids is 1. The Hall–Kier alpha value is -1.42. The van der Waals surface area contributed by atoms with Gasteiger partial charge in [-0.3, -0.25) is 4.79 Å². The minimum absolute atomic E-state index is 0.207. The molecule has 0 saturated carbocycles. The smallest absolute Gasteiger partial charge is 0.252 e. The molecule has 74 valence electrons. The average molecular weight is 214 g/mol. The van der Waals surface area contributed by atoms with E-state index in [-0.39, 0.29) is 6.61 Å². The third-order valence-corrected chi connectivity index (χ3v) is 2.07. The number of benzene rings is 1. The number of amides is 1. The maximum Gasteiger partial charge on any atom is 0.252 e. The number of halogens is 1. The molecule has 1 aromatic carbocycles. The van der Waals surface area contributed by atoms with Crippen LogP contribution in [0.3, 0.4) is 0 Å². The molecule has 0 spiro atoms. The molecule has 0 radical (unpaired) electrons. The van der Waals surface area contributed by atoms with Gasteiger partial charge in [0.2, 0.25) is 5.56 Å². The predicted molar refractivity (Wildman–Crippen MR) is 50.7 cm³/mol. The molecular weight excluding hydrogens is 206 g/mol. The van der Waals surface area contributed by atoms with Crippen molar-refractivity contribution >= 4 is 17.5 Å². The van der Waals surface area contributed by atoms with Gasteiger partial charge < -0.3 is 15.2 Å². The summed E-state index contributed by atoms with van der Waals surface area (Å²) in [5.41, 5.74) is 4.95. The van der Waals surface area contributed by atoms with Gasteiger partial charge >= 0.3 is 0 Å². The molecular formula is C9H8ClNO3. The topological polar surface area (TPSA) is 61.6 Å². The second-order valence-electron chi connectivity index (χ2n) is 2.84. The van der Waals surface area contributed by atoms with Crippen LogP contribution in [0.2, 0.25) is 0 Å². The second-order valence-corrected chi connectivity index (χ2v) is 3.32. The highest BCUT2D eigenvalue weighted by Crippen LogP contribution is 2.35. The van der Waals surface area contributed by atoms with E-state index in [0.717, 1.165) is 0 Å². The number of primary amides is 1. The molecule has 14 heavy (non-hydrogen) atoms. The maximum absolute atomic E-state index is 11.0. The van der Waals surface area contributed by atoms with Gasteiger partial charge in [0, 0.05) is 0 Å². The highest BCUT2D eigenvalue weighted by Gasteiger charge is 2.23. The Morgan fingerprint density at radius 1 is 1.57 bits per heavy atom. The lowest BCUT2D eigenvalue weighted by atomic mass is 10.1.